The van der Waals surface area contributed by atoms with Crippen LogP contribution in [0.1, 0.15) is 0 Å². The summed E-state index contributed by atoms with van der Waals surface area (Å²) in [6.45, 7) is 0.219. The van der Waals surface area contributed by atoms with Crippen LogP contribution >= 0.6 is 22.9 Å². The Bertz CT molecular complexity index is 722. The van der Waals surface area contributed by atoms with E-state index in [0.717, 1.165) is 10.2 Å². The molecule has 0 spiro atoms. The number of fused-ring (bicyclic) bond motifs is 1. The Morgan fingerprint density at radius 3 is 3.16 bits per heavy atom. The first-order valence-electron chi connectivity index (χ1n) is 5.52. The van der Waals surface area contributed by atoms with Crippen molar-refractivity contribution < 1.29 is 4.79 Å². The normalized spacial score (nSPS) is 10.8. The Labute approximate surface area is 117 Å². The quantitative estimate of drug-likeness (QED) is 0.807. The largest absolute Gasteiger partial charge is 0.328 e. The molecule has 2 aromatic heterocycles. The number of thiazole rings is 1. The fraction of sp³-hybridized carbons (Fsp3) is 0.0833. The molecule has 7 heteroatoms. The zero-order valence-corrected chi connectivity index (χ0v) is 11.3. The standard InChI is InChI=1S/C12H9ClN4OS/c13-8-1-2-9-10(5-8)19-12(15-9)16-11(18)6-17-4-3-14-7-17/h1-5,7H,6H2,(H,15,16,18). The van der Waals surface area contributed by atoms with Crippen LogP contribution in [-0.4, -0.2) is 20.4 Å². The van der Waals surface area contributed by atoms with Gasteiger partial charge in [-0.2, -0.15) is 0 Å². The lowest BCUT2D eigenvalue weighted by molar-refractivity contribution is -0.116. The predicted octanol–water partition coefficient (Wildman–Crippen LogP) is 2.78. The van der Waals surface area contributed by atoms with Gasteiger partial charge in [-0.1, -0.05) is 22.9 Å². The number of halogens is 1. The van der Waals surface area contributed by atoms with Crippen molar-refractivity contribution in [3.05, 3.63) is 41.9 Å². The van der Waals surface area contributed by atoms with E-state index in [1.165, 1.54) is 11.3 Å². The van der Waals surface area contributed by atoms with Gasteiger partial charge in [-0.05, 0) is 18.2 Å². The molecule has 3 aromatic rings. The molecule has 19 heavy (non-hydrogen) atoms. The number of hydrogen-bond donors (Lipinski definition) is 1. The molecule has 0 saturated heterocycles. The number of nitrogens with one attached hydrogen (secondary N) is 1. The van der Waals surface area contributed by atoms with Crippen LogP contribution in [0.25, 0.3) is 10.2 Å². The second-order valence-electron chi connectivity index (χ2n) is 3.91. The SMILES string of the molecule is O=C(Cn1ccnc1)Nc1nc2ccc(Cl)cc2s1. The van der Waals surface area contributed by atoms with Gasteiger partial charge in [-0.15, -0.1) is 0 Å². The minimum absolute atomic E-state index is 0.136. The number of carbonyl (C=O) groups is 1. The molecule has 96 valence electrons. The number of anilines is 1. The van der Waals surface area contributed by atoms with Crippen LogP contribution in [0, 0.1) is 0 Å². The molecule has 0 unspecified atom stereocenters. The molecule has 0 fully saturated rings. The van der Waals surface area contributed by atoms with E-state index in [1.807, 2.05) is 12.1 Å². The van der Waals surface area contributed by atoms with E-state index in [2.05, 4.69) is 15.3 Å². The number of hydrogen-bond acceptors (Lipinski definition) is 4. The van der Waals surface area contributed by atoms with Gasteiger partial charge in [0.05, 0.1) is 16.5 Å². The predicted molar refractivity (Wildman–Crippen MR) is 75.5 cm³/mol. The molecule has 3 rings (SSSR count). The maximum atomic E-state index is 11.8. The van der Waals surface area contributed by atoms with E-state index < -0.39 is 0 Å². The van der Waals surface area contributed by atoms with Gasteiger partial charge in [0.1, 0.15) is 6.54 Å². The first kappa shape index (κ1) is 12.1. The topological polar surface area (TPSA) is 59.8 Å². The second kappa shape index (κ2) is 4.99. The summed E-state index contributed by atoms with van der Waals surface area (Å²) < 4.78 is 2.64. The van der Waals surface area contributed by atoms with Crippen LogP contribution in [-0.2, 0) is 11.3 Å². The van der Waals surface area contributed by atoms with Crippen LogP contribution in [0.4, 0.5) is 5.13 Å². The summed E-state index contributed by atoms with van der Waals surface area (Å²) in [5.74, 6) is -0.136. The highest BCUT2D eigenvalue weighted by atomic mass is 35.5. The van der Waals surface area contributed by atoms with Crippen LogP contribution in [0.15, 0.2) is 36.9 Å². The second-order valence-corrected chi connectivity index (χ2v) is 5.38. The van der Waals surface area contributed by atoms with Crippen molar-refractivity contribution in [3.8, 4) is 0 Å². The van der Waals surface area contributed by atoms with E-state index in [1.54, 1.807) is 29.4 Å². The third kappa shape index (κ3) is 2.74. The van der Waals surface area contributed by atoms with Crippen molar-refractivity contribution in [2.24, 2.45) is 0 Å². The van der Waals surface area contributed by atoms with Gasteiger partial charge in [-0.3, -0.25) is 4.79 Å². The molecule has 0 aliphatic rings. The van der Waals surface area contributed by atoms with E-state index in [0.29, 0.717) is 10.2 Å². The molecule has 0 bridgehead atoms. The molecule has 0 aliphatic carbocycles. The molecule has 1 aromatic carbocycles. The summed E-state index contributed by atoms with van der Waals surface area (Å²) in [6, 6.07) is 5.44. The molecule has 1 N–H and O–H groups in total. The highest BCUT2D eigenvalue weighted by Gasteiger charge is 2.08. The molecule has 1 amide bonds. The van der Waals surface area contributed by atoms with Gasteiger partial charge in [0.25, 0.3) is 0 Å². The van der Waals surface area contributed by atoms with Gasteiger partial charge in [-0.25, -0.2) is 9.97 Å². The molecule has 2 heterocycles. The lowest BCUT2D eigenvalue weighted by Crippen LogP contribution is -2.17. The van der Waals surface area contributed by atoms with E-state index in [9.17, 15) is 4.79 Å². The summed E-state index contributed by atoms with van der Waals surface area (Å²) >= 11 is 7.31. The lowest BCUT2D eigenvalue weighted by Gasteiger charge is -2.01. The van der Waals surface area contributed by atoms with Crippen molar-refractivity contribution >= 4 is 44.2 Å². The molecule has 0 radical (unpaired) electrons. The minimum Gasteiger partial charge on any atom is -0.328 e. The zero-order valence-electron chi connectivity index (χ0n) is 9.71. The van der Waals surface area contributed by atoms with Crippen LogP contribution in [0.5, 0.6) is 0 Å². The van der Waals surface area contributed by atoms with Crippen LogP contribution < -0.4 is 5.32 Å². The molecule has 0 aliphatic heterocycles. The number of aromatic nitrogens is 3. The van der Waals surface area contributed by atoms with Crippen LogP contribution in [0.2, 0.25) is 5.02 Å². The first-order valence-corrected chi connectivity index (χ1v) is 6.72. The Hall–Kier alpha value is -1.92. The number of amides is 1. The maximum Gasteiger partial charge on any atom is 0.246 e. The number of imidazole rings is 1. The Balaban J connectivity index is 1.76. The Morgan fingerprint density at radius 2 is 2.37 bits per heavy atom. The molecule has 0 saturated carbocycles. The van der Waals surface area contributed by atoms with Crippen molar-refractivity contribution in [2.75, 3.05) is 5.32 Å². The Kier molecular flexibility index (Phi) is 3.18. The van der Waals surface area contributed by atoms with Crippen molar-refractivity contribution in [2.45, 2.75) is 6.54 Å². The van der Waals surface area contributed by atoms with E-state index in [4.69, 9.17) is 11.6 Å². The fourth-order valence-electron chi connectivity index (χ4n) is 1.66. The number of nitrogens with zero attached hydrogens (tertiary/aromatic N) is 3. The van der Waals surface area contributed by atoms with Gasteiger partial charge in [0.15, 0.2) is 5.13 Å². The maximum absolute atomic E-state index is 11.8. The molecular weight excluding hydrogens is 284 g/mol. The van der Waals surface area contributed by atoms with Gasteiger partial charge >= 0.3 is 0 Å². The van der Waals surface area contributed by atoms with Crippen LogP contribution in [0.3, 0.4) is 0 Å². The summed E-state index contributed by atoms with van der Waals surface area (Å²) in [7, 11) is 0. The Morgan fingerprint density at radius 1 is 1.47 bits per heavy atom. The summed E-state index contributed by atoms with van der Waals surface area (Å²) in [5.41, 5.74) is 0.826. The number of rotatable bonds is 3. The third-order valence-corrected chi connectivity index (χ3v) is 3.65. The molecular formula is C12H9ClN4OS. The van der Waals surface area contributed by atoms with E-state index in [-0.39, 0.29) is 12.5 Å². The first-order chi connectivity index (χ1) is 9.20. The van der Waals surface area contributed by atoms with Gasteiger partial charge in [0, 0.05) is 17.4 Å². The van der Waals surface area contributed by atoms with Gasteiger partial charge in [0.2, 0.25) is 5.91 Å². The van der Waals surface area contributed by atoms with Gasteiger partial charge < -0.3 is 9.88 Å². The van der Waals surface area contributed by atoms with Crippen molar-refractivity contribution in [1.29, 1.82) is 0 Å². The monoisotopic (exact) mass is 292 g/mol. The van der Waals surface area contributed by atoms with Crippen molar-refractivity contribution in [1.82, 2.24) is 14.5 Å². The fourth-order valence-corrected chi connectivity index (χ4v) is 2.81. The van der Waals surface area contributed by atoms with E-state index >= 15 is 0 Å². The molecule has 0 atom stereocenters. The number of benzene rings is 1. The smallest absolute Gasteiger partial charge is 0.246 e. The number of carbonyl (C=O) groups excluding carboxylic acids is 1. The highest BCUT2D eigenvalue weighted by Crippen LogP contribution is 2.28. The molecule has 5 nitrogen and oxygen atoms in total. The average molecular weight is 293 g/mol. The lowest BCUT2D eigenvalue weighted by atomic mass is 10.3. The minimum atomic E-state index is -0.136. The zero-order chi connectivity index (χ0) is 13.2. The summed E-state index contributed by atoms with van der Waals surface area (Å²) in [6.07, 6.45) is 4.96. The summed E-state index contributed by atoms with van der Waals surface area (Å²) in [5, 5.41) is 4.00. The average Bonchev–Trinajstić information content (AvgIpc) is 2.97. The van der Waals surface area contributed by atoms with Crippen molar-refractivity contribution in [3.63, 3.8) is 0 Å². The highest BCUT2D eigenvalue weighted by molar-refractivity contribution is 7.22. The third-order valence-electron chi connectivity index (χ3n) is 2.48. The summed E-state index contributed by atoms with van der Waals surface area (Å²) in [4.78, 5) is 20.0.